The molecule has 2 fully saturated rings. The second-order valence-electron chi connectivity index (χ2n) is 4.86. The molecule has 0 aromatic rings. The number of carbonyl (C=O) groups is 1. The molecule has 0 aromatic heterocycles. The molecule has 1 amide bonds. The average Bonchev–Trinajstić information content (AvgIpc) is 2.52. The molecule has 0 bridgehead atoms. The van der Waals surface area contributed by atoms with E-state index in [9.17, 15) is 4.79 Å². The van der Waals surface area contributed by atoms with Crippen LogP contribution >= 0.6 is 0 Å². The van der Waals surface area contributed by atoms with Gasteiger partial charge in [0.2, 0.25) is 5.91 Å². The van der Waals surface area contributed by atoms with Gasteiger partial charge < -0.3 is 15.4 Å². The zero-order valence-corrected chi connectivity index (χ0v) is 9.84. The number of amides is 1. The highest BCUT2D eigenvalue weighted by Gasteiger charge is 2.19. The van der Waals surface area contributed by atoms with Crippen molar-refractivity contribution in [3.8, 4) is 0 Å². The van der Waals surface area contributed by atoms with Gasteiger partial charge in [-0.3, -0.25) is 4.79 Å². The second-order valence-corrected chi connectivity index (χ2v) is 4.86. The van der Waals surface area contributed by atoms with Crippen LogP contribution in [0.15, 0.2) is 0 Å². The fourth-order valence-electron chi connectivity index (χ4n) is 2.43. The van der Waals surface area contributed by atoms with E-state index in [0.717, 1.165) is 57.9 Å². The van der Waals surface area contributed by atoms with Crippen molar-refractivity contribution in [3.63, 3.8) is 0 Å². The summed E-state index contributed by atoms with van der Waals surface area (Å²) in [4.78, 5) is 11.4. The van der Waals surface area contributed by atoms with Crippen molar-refractivity contribution >= 4 is 5.91 Å². The first-order chi connectivity index (χ1) is 7.84. The molecule has 4 nitrogen and oxygen atoms in total. The summed E-state index contributed by atoms with van der Waals surface area (Å²) >= 11 is 0. The third kappa shape index (κ3) is 3.76. The molecular weight excluding hydrogens is 204 g/mol. The molecule has 2 aliphatic heterocycles. The Balaban J connectivity index is 1.69. The monoisotopic (exact) mass is 226 g/mol. The van der Waals surface area contributed by atoms with Crippen molar-refractivity contribution in [2.24, 2.45) is 5.92 Å². The van der Waals surface area contributed by atoms with Crippen LogP contribution in [0.4, 0.5) is 0 Å². The molecule has 16 heavy (non-hydrogen) atoms. The summed E-state index contributed by atoms with van der Waals surface area (Å²) in [5, 5.41) is 6.46. The lowest BCUT2D eigenvalue weighted by molar-refractivity contribution is -0.121. The van der Waals surface area contributed by atoms with E-state index in [-0.39, 0.29) is 5.91 Å². The Kier molecular flexibility index (Phi) is 4.60. The fourth-order valence-corrected chi connectivity index (χ4v) is 2.43. The molecule has 0 aliphatic carbocycles. The van der Waals surface area contributed by atoms with Gasteiger partial charge in [0.15, 0.2) is 0 Å². The van der Waals surface area contributed by atoms with Crippen LogP contribution in [0.25, 0.3) is 0 Å². The SMILES string of the molecule is O=C1CC(NCC2CCOCC2)CCCN1. The summed E-state index contributed by atoms with van der Waals surface area (Å²) in [7, 11) is 0. The van der Waals surface area contributed by atoms with Crippen molar-refractivity contribution in [2.75, 3.05) is 26.3 Å². The third-order valence-electron chi connectivity index (χ3n) is 3.52. The number of ether oxygens (including phenoxy) is 1. The third-order valence-corrected chi connectivity index (χ3v) is 3.52. The first-order valence-electron chi connectivity index (χ1n) is 6.42. The van der Waals surface area contributed by atoms with Crippen LogP contribution in [0.5, 0.6) is 0 Å². The molecule has 2 rings (SSSR count). The van der Waals surface area contributed by atoms with Gasteiger partial charge in [0.25, 0.3) is 0 Å². The molecule has 2 saturated heterocycles. The Morgan fingerprint density at radius 1 is 1.31 bits per heavy atom. The number of rotatable bonds is 3. The van der Waals surface area contributed by atoms with E-state index in [1.165, 1.54) is 0 Å². The van der Waals surface area contributed by atoms with E-state index in [1.807, 2.05) is 0 Å². The Bertz CT molecular complexity index is 227. The van der Waals surface area contributed by atoms with Gasteiger partial charge in [-0.05, 0) is 38.1 Å². The van der Waals surface area contributed by atoms with Gasteiger partial charge in [-0.2, -0.15) is 0 Å². The molecule has 2 heterocycles. The Morgan fingerprint density at radius 2 is 2.12 bits per heavy atom. The van der Waals surface area contributed by atoms with Gasteiger partial charge in [-0.1, -0.05) is 0 Å². The molecule has 0 saturated carbocycles. The molecular formula is C12H22N2O2. The Morgan fingerprint density at radius 3 is 2.94 bits per heavy atom. The minimum absolute atomic E-state index is 0.196. The zero-order valence-electron chi connectivity index (χ0n) is 9.84. The molecule has 1 unspecified atom stereocenters. The first kappa shape index (κ1) is 11.9. The molecule has 2 N–H and O–H groups in total. The van der Waals surface area contributed by atoms with Crippen molar-refractivity contribution in [1.82, 2.24) is 10.6 Å². The van der Waals surface area contributed by atoms with Gasteiger partial charge in [0.05, 0.1) is 0 Å². The lowest BCUT2D eigenvalue weighted by atomic mass is 9.99. The van der Waals surface area contributed by atoms with E-state index >= 15 is 0 Å². The van der Waals surface area contributed by atoms with Crippen LogP contribution in [0, 0.1) is 5.92 Å². The first-order valence-corrected chi connectivity index (χ1v) is 6.42. The quantitative estimate of drug-likeness (QED) is 0.743. The maximum atomic E-state index is 11.4. The van der Waals surface area contributed by atoms with Crippen LogP contribution in [0.2, 0.25) is 0 Å². The van der Waals surface area contributed by atoms with Crippen LogP contribution in [-0.2, 0) is 9.53 Å². The maximum absolute atomic E-state index is 11.4. The molecule has 0 aromatic carbocycles. The highest BCUT2D eigenvalue weighted by Crippen LogP contribution is 2.14. The summed E-state index contributed by atoms with van der Waals surface area (Å²) in [6, 6.07) is 0.380. The van der Waals surface area contributed by atoms with Gasteiger partial charge in [-0.15, -0.1) is 0 Å². The molecule has 1 atom stereocenters. The van der Waals surface area contributed by atoms with Crippen LogP contribution in [-0.4, -0.2) is 38.3 Å². The van der Waals surface area contributed by atoms with Gasteiger partial charge in [0, 0.05) is 32.2 Å². The molecule has 0 radical (unpaired) electrons. The van der Waals surface area contributed by atoms with Crippen LogP contribution in [0.3, 0.4) is 0 Å². The molecule has 0 spiro atoms. The van der Waals surface area contributed by atoms with Crippen molar-refractivity contribution in [2.45, 2.75) is 38.1 Å². The van der Waals surface area contributed by atoms with Crippen molar-refractivity contribution in [1.29, 1.82) is 0 Å². The smallest absolute Gasteiger partial charge is 0.221 e. The van der Waals surface area contributed by atoms with Crippen LogP contribution in [0.1, 0.15) is 32.1 Å². The summed E-state index contributed by atoms with van der Waals surface area (Å²) in [5.74, 6) is 0.932. The predicted octanol–water partition coefficient (Wildman–Crippen LogP) is 0.671. The molecule has 4 heteroatoms. The standard InChI is InChI=1S/C12H22N2O2/c15-12-8-11(2-1-5-13-12)14-9-10-3-6-16-7-4-10/h10-11,14H,1-9H2,(H,13,15). The predicted molar refractivity (Wildman–Crippen MR) is 62.2 cm³/mol. The Hall–Kier alpha value is -0.610. The molecule has 2 aliphatic rings. The fraction of sp³-hybridized carbons (Fsp3) is 0.917. The number of hydrogen-bond donors (Lipinski definition) is 2. The number of carbonyl (C=O) groups excluding carboxylic acids is 1. The van der Waals surface area contributed by atoms with Crippen molar-refractivity contribution in [3.05, 3.63) is 0 Å². The highest BCUT2D eigenvalue weighted by molar-refractivity contribution is 5.76. The minimum atomic E-state index is 0.196. The average molecular weight is 226 g/mol. The highest BCUT2D eigenvalue weighted by atomic mass is 16.5. The van der Waals surface area contributed by atoms with E-state index < -0.39 is 0 Å². The largest absolute Gasteiger partial charge is 0.381 e. The number of nitrogens with one attached hydrogen (secondary N) is 2. The van der Waals surface area contributed by atoms with Gasteiger partial charge in [-0.25, -0.2) is 0 Å². The summed E-state index contributed by atoms with van der Waals surface area (Å²) in [6.07, 6.45) is 5.17. The minimum Gasteiger partial charge on any atom is -0.381 e. The van der Waals surface area contributed by atoms with Gasteiger partial charge in [0.1, 0.15) is 0 Å². The maximum Gasteiger partial charge on any atom is 0.221 e. The van der Waals surface area contributed by atoms with E-state index in [4.69, 9.17) is 4.74 Å². The lowest BCUT2D eigenvalue weighted by Gasteiger charge is -2.24. The number of hydrogen-bond acceptors (Lipinski definition) is 3. The normalized spacial score (nSPS) is 28.5. The molecule has 92 valence electrons. The summed E-state index contributed by atoms with van der Waals surface area (Å²) < 4.78 is 5.34. The van der Waals surface area contributed by atoms with E-state index in [0.29, 0.717) is 12.5 Å². The zero-order chi connectivity index (χ0) is 11.2. The van der Waals surface area contributed by atoms with Crippen LogP contribution < -0.4 is 10.6 Å². The topological polar surface area (TPSA) is 50.4 Å². The van der Waals surface area contributed by atoms with Crippen molar-refractivity contribution < 1.29 is 9.53 Å². The van der Waals surface area contributed by atoms with E-state index in [2.05, 4.69) is 10.6 Å². The Labute approximate surface area is 97.1 Å². The van der Waals surface area contributed by atoms with E-state index in [1.54, 1.807) is 0 Å². The lowest BCUT2D eigenvalue weighted by Crippen LogP contribution is -2.37. The van der Waals surface area contributed by atoms with Gasteiger partial charge >= 0.3 is 0 Å². The second kappa shape index (κ2) is 6.21. The summed E-state index contributed by atoms with van der Waals surface area (Å²) in [5.41, 5.74) is 0. The summed E-state index contributed by atoms with van der Waals surface area (Å²) in [6.45, 7) is 3.69.